The average molecular weight is 220 g/mol. The Morgan fingerprint density at radius 1 is 1.31 bits per heavy atom. The highest BCUT2D eigenvalue weighted by Crippen LogP contribution is 2.28. The standard InChI is InChI=1S/C11H16N4O/c1-7-3-4-8(2)15(7)10-6-5-9(11(12)16)13-14-10/h5-8H,3-4H2,1-2H3,(H2,12,16). The van der Waals surface area contributed by atoms with Gasteiger partial charge in [-0.05, 0) is 38.8 Å². The third-order valence-electron chi connectivity index (χ3n) is 3.12. The van der Waals surface area contributed by atoms with E-state index in [1.807, 2.05) is 6.07 Å². The lowest BCUT2D eigenvalue weighted by Gasteiger charge is -2.26. The third-order valence-corrected chi connectivity index (χ3v) is 3.12. The lowest BCUT2D eigenvalue weighted by Crippen LogP contribution is -2.33. The first-order chi connectivity index (χ1) is 7.59. The Balaban J connectivity index is 2.24. The van der Waals surface area contributed by atoms with Crippen molar-refractivity contribution in [2.24, 2.45) is 5.73 Å². The first-order valence-corrected chi connectivity index (χ1v) is 5.51. The number of aromatic nitrogens is 2. The van der Waals surface area contributed by atoms with Gasteiger partial charge in [0.05, 0.1) is 0 Å². The summed E-state index contributed by atoms with van der Waals surface area (Å²) >= 11 is 0. The summed E-state index contributed by atoms with van der Waals surface area (Å²) < 4.78 is 0. The van der Waals surface area contributed by atoms with Gasteiger partial charge in [0.15, 0.2) is 11.5 Å². The molecule has 0 bridgehead atoms. The highest BCUT2D eigenvalue weighted by Gasteiger charge is 2.28. The first kappa shape index (κ1) is 10.9. The monoisotopic (exact) mass is 220 g/mol. The van der Waals surface area contributed by atoms with E-state index in [1.165, 1.54) is 12.8 Å². The molecule has 1 fully saturated rings. The van der Waals surface area contributed by atoms with E-state index in [2.05, 4.69) is 28.9 Å². The zero-order chi connectivity index (χ0) is 11.7. The molecule has 2 rings (SSSR count). The molecule has 0 spiro atoms. The number of amides is 1. The van der Waals surface area contributed by atoms with Crippen molar-refractivity contribution in [3.63, 3.8) is 0 Å². The summed E-state index contributed by atoms with van der Waals surface area (Å²) in [6.45, 7) is 4.35. The molecule has 1 saturated heterocycles. The summed E-state index contributed by atoms with van der Waals surface area (Å²) in [5.74, 6) is 0.282. The van der Waals surface area contributed by atoms with Crippen LogP contribution < -0.4 is 10.6 Å². The van der Waals surface area contributed by atoms with Gasteiger partial charge in [-0.15, -0.1) is 10.2 Å². The van der Waals surface area contributed by atoms with Gasteiger partial charge in [0.25, 0.3) is 5.91 Å². The van der Waals surface area contributed by atoms with Gasteiger partial charge in [0.2, 0.25) is 0 Å². The normalized spacial score (nSPS) is 24.8. The number of nitrogens with two attached hydrogens (primary N) is 1. The highest BCUT2D eigenvalue weighted by molar-refractivity contribution is 5.90. The molecule has 5 heteroatoms. The van der Waals surface area contributed by atoms with Gasteiger partial charge in [-0.2, -0.15) is 0 Å². The molecule has 0 aliphatic carbocycles. The number of carbonyl (C=O) groups excluding carboxylic acids is 1. The fourth-order valence-electron chi connectivity index (χ4n) is 2.24. The smallest absolute Gasteiger partial charge is 0.269 e. The lowest BCUT2D eigenvalue weighted by atomic mass is 10.2. The fraction of sp³-hybridized carbons (Fsp3) is 0.545. The van der Waals surface area contributed by atoms with Crippen molar-refractivity contribution in [1.82, 2.24) is 10.2 Å². The number of primary amides is 1. The van der Waals surface area contributed by atoms with Crippen molar-refractivity contribution >= 4 is 11.7 Å². The van der Waals surface area contributed by atoms with Crippen molar-refractivity contribution in [1.29, 1.82) is 0 Å². The number of hydrogen-bond donors (Lipinski definition) is 1. The molecule has 2 unspecified atom stereocenters. The zero-order valence-corrected chi connectivity index (χ0v) is 9.55. The van der Waals surface area contributed by atoms with Crippen molar-refractivity contribution in [2.45, 2.75) is 38.8 Å². The molecule has 1 aromatic rings. The van der Waals surface area contributed by atoms with Crippen LogP contribution in [0.3, 0.4) is 0 Å². The molecule has 0 aromatic carbocycles. The maximum Gasteiger partial charge on any atom is 0.269 e. The minimum absolute atomic E-state index is 0.211. The SMILES string of the molecule is CC1CCC(C)N1c1ccc(C(N)=O)nn1. The van der Waals surface area contributed by atoms with Crippen LogP contribution in [0.25, 0.3) is 0 Å². The van der Waals surface area contributed by atoms with E-state index in [9.17, 15) is 4.79 Å². The van der Waals surface area contributed by atoms with Gasteiger partial charge in [-0.25, -0.2) is 0 Å². The van der Waals surface area contributed by atoms with Gasteiger partial charge in [-0.1, -0.05) is 0 Å². The third kappa shape index (κ3) is 1.85. The van der Waals surface area contributed by atoms with Gasteiger partial charge >= 0.3 is 0 Å². The molecule has 2 N–H and O–H groups in total. The van der Waals surface area contributed by atoms with Crippen LogP contribution in [-0.4, -0.2) is 28.2 Å². The number of carbonyl (C=O) groups is 1. The van der Waals surface area contributed by atoms with Crippen molar-refractivity contribution in [3.05, 3.63) is 17.8 Å². The number of hydrogen-bond acceptors (Lipinski definition) is 4. The van der Waals surface area contributed by atoms with Gasteiger partial charge in [0.1, 0.15) is 0 Å². The summed E-state index contributed by atoms with van der Waals surface area (Å²) in [6.07, 6.45) is 2.33. The highest BCUT2D eigenvalue weighted by atomic mass is 16.1. The number of rotatable bonds is 2. The molecule has 16 heavy (non-hydrogen) atoms. The maximum absolute atomic E-state index is 10.9. The zero-order valence-electron chi connectivity index (χ0n) is 9.55. The first-order valence-electron chi connectivity index (χ1n) is 5.51. The van der Waals surface area contributed by atoms with E-state index in [0.29, 0.717) is 12.1 Å². The Bertz CT molecular complexity index is 379. The van der Waals surface area contributed by atoms with Crippen LogP contribution >= 0.6 is 0 Å². The Kier molecular flexibility index (Phi) is 2.77. The van der Waals surface area contributed by atoms with E-state index >= 15 is 0 Å². The predicted octanol–water partition coefficient (Wildman–Crippen LogP) is 0.953. The van der Waals surface area contributed by atoms with Crippen molar-refractivity contribution in [3.8, 4) is 0 Å². The minimum Gasteiger partial charge on any atom is -0.364 e. The molecule has 5 nitrogen and oxygen atoms in total. The number of nitrogens with zero attached hydrogens (tertiary/aromatic N) is 3. The second-order valence-corrected chi connectivity index (χ2v) is 4.32. The van der Waals surface area contributed by atoms with Crippen molar-refractivity contribution < 1.29 is 4.79 Å². The molecule has 0 saturated carbocycles. The summed E-state index contributed by atoms with van der Waals surface area (Å²) in [7, 11) is 0. The van der Waals surface area contributed by atoms with Gasteiger partial charge in [-0.3, -0.25) is 4.79 Å². The molecule has 0 radical (unpaired) electrons. The second kappa shape index (κ2) is 4.08. The van der Waals surface area contributed by atoms with E-state index in [-0.39, 0.29) is 5.69 Å². The molecule has 1 amide bonds. The molecular formula is C11H16N4O. The van der Waals surface area contributed by atoms with E-state index in [4.69, 9.17) is 5.73 Å². The number of anilines is 1. The summed E-state index contributed by atoms with van der Waals surface area (Å²) in [6, 6.07) is 4.39. The summed E-state index contributed by atoms with van der Waals surface area (Å²) in [4.78, 5) is 13.1. The minimum atomic E-state index is -0.540. The molecule has 1 aliphatic rings. The van der Waals surface area contributed by atoms with Crippen LogP contribution in [-0.2, 0) is 0 Å². The lowest BCUT2D eigenvalue weighted by molar-refractivity contribution is 0.0994. The largest absolute Gasteiger partial charge is 0.364 e. The predicted molar refractivity (Wildman–Crippen MR) is 61.2 cm³/mol. The second-order valence-electron chi connectivity index (χ2n) is 4.32. The van der Waals surface area contributed by atoms with Gasteiger partial charge < -0.3 is 10.6 Å². The molecule has 86 valence electrons. The quantitative estimate of drug-likeness (QED) is 0.805. The molecule has 2 atom stereocenters. The average Bonchev–Trinajstić information content (AvgIpc) is 2.59. The van der Waals surface area contributed by atoms with Crippen molar-refractivity contribution in [2.75, 3.05) is 4.90 Å². The molecule has 1 aromatic heterocycles. The molecule has 1 aliphatic heterocycles. The van der Waals surface area contributed by atoms with Crippen LogP contribution in [0.1, 0.15) is 37.2 Å². The summed E-state index contributed by atoms with van der Waals surface area (Å²) in [5.41, 5.74) is 5.33. The van der Waals surface area contributed by atoms with Crippen LogP contribution in [0.5, 0.6) is 0 Å². The van der Waals surface area contributed by atoms with Gasteiger partial charge in [0, 0.05) is 12.1 Å². The molecule has 2 heterocycles. The Hall–Kier alpha value is -1.65. The topological polar surface area (TPSA) is 72.1 Å². The molecular weight excluding hydrogens is 204 g/mol. The van der Waals surface area contributed by atoms with E-state index < -0.39 is 5.91 Å². The Morgan fingerprint density at radius 2 is 1.94 bits per heavy atom. The maximum atomic E-state index is 10.9. The van der Waals surface area contributed by atoms with Crippen LogP contribution in [0, 0.1) is 0 Å². The van der Waals surface area contributed by atoms with E-state index in [0.717, 1.165) is 5.82 Å². The van der Waals surface area contributed by atoms with Crippen LogP contribution in [0.15, 0.2) is 12.1 Å². The summed E-state index contributed by atoms with van der Waals surface area (Å²) in [5, 5.41) is 7.88. The van der Waals surface area contributed by atoms with E-state index in [1.54, 1.807) is 6.07 Å². The van der Waals surface area contributed by atoms with Crippen LogP contribution in [0.2, 0.25) is 0 Å². The Morgan fingerprint density at radius 3 is 2.38 bits per heavy atom. The Labute approximate surface area is 94.6 Å². The van der Waals surface area contributed by atoms with Crippen LogP contribution in [0.4, 0.5) is 5.82 Å². The fourth-order valence-corrected chi connectivity index (χ4v) is 2.24.